The van der Waals surface area contributed by atoms with E-state index in [2.05, 4.69) is 11.1 Å². The topological polar surface area (TPSA) is 58.9 Å². The average Bonchev–Trinajstić information content (AvgIpc) is 2.87. The van der Waals surface area contributed by atoms with Gasteiger partial charge >= 0.3 is 0 Å². The molecule has 4 nitrogen and oxygen atoms in total. The summed E-state index contributed by atoms with van der Waals surface area (Å²) < 4.78 is 0. The van der Waals surface area contributed by atoms with Gasteiger partial charge in [0.25, 0.3) is 5.69 Å². The number of benzene rings is 1. The van der Waals surface area contributed by atoms with Crippen molar-refractivity contribution in [3.05, 3.63) is 62.8 Å². The molecule has 5 heteroatoms. The summed E-state index contributed by atoms with van der Waals surface area (Å²) in [6.07, 6.45) is 4.70. The van der Waals surface area contributed by atoms with Crippen LogP contribution in [0.3, 0.4) is 0 Å². The first-order chi connectivity index (χ1) is 9.15. The third kappa shape index (κ3) is 2.15. The molecule has 2 aromatic rings. The molecule has 0 saturated heterocycles. The molecule has 3 rings (SSSR count). The van der Waals surface area contributed by atoms with Gasteiger partial charge in [0.2, 0.25) is 0 Å². The van der Waals surface area contributed by atoms with Crippen LogP contribution in [-0.2, 0) is 0 Å². The largest absolute Gasteiger partial charge is 0.361 e. The van der Waals surface area contributed by atoms with Gasteiger partial charge in [0, 0.05) is 39.8 Å². The number of fused-ring (bicyclic) bond motifs is 1. The summed E-state index contributed by atoms with van der Waals surface area (Å²) in [5.41, 5.74) is 1.14. The predicted octanol–water partition coefficient (Wildman–Crippen LogP) is 2.24. The van der Waals surface area contributed by atoms with Crippen molar-refractivity contribution in [2.24, 2.45) is 0 Å². The van der Waals surface area contributed by atoms with Gasteiger partial charge < -0.3 is 4.98 Å². The van der Waals surface area contributed by atoms with E-state index >= 15 is 0 Å². The summed E-state index contributed by atoms with van der Waals surface area (Å²) in [5.74, 6) is 0.152. The van der Waals surface area contributed by atoms with Gasteiger partial charge in [-0.3, -0.25) is 10.1 Å². The molecule has 0 bridgehead atoms. The molecule has 96 valence electrons. The van der Waals surface area contributed by atoms with Crippen molar-refractivity contribution < 1.29 is 4.92 Å². The standard InChI is InChI=1S/C14H11ClN2O2/c15-13-7-10(8-14-12(13)5-6-16-14)9-1-3-11(4-2-9)17(18)19/h1-6,8,10,16H,7H2. The highest BCUT2D eigenvalue weighted by Crippen LogP contribution is 2.29. The average molecular weight is 275 g/mol. The van der Waals surface area contributed by atoms with Gasteiger partial charge in [-0.05, 0) is 18.1 Å². The number of aromatic nitrogens is 1. The molecule has 0 amide bonds. The molecule has 19 heavy (non-hydrogen) atoms. The summed E-state index contributed by atoms with van der Waals surface area (Å²) in [5, 5.41) is 13.5. The third-order valence-electron chi connectivity index (χ3n) is 3.37. The van der Waals surface area contributed by atoms with Crippen LogP contribution in [0.1, 0.15) is 17.9 Å². The van der Waals surface area contributed by atoms with Crippen molar-refractivity contribution in [2.75, 3.05) is 0 Å². The van der Waals surface area contributed by atoms with Crippen LogP contribution >= 0.6 is 11.6 Å². The maximum atomic E-state index is 10.6. The quantitative estimate of drug-likeness (QED) is 0.674. The number of nitro groups is 1. The summed E-state index contributed by atoms with van der Waals surface area (Å²) in [4.78, 5) is 13.4. The molecule has 1 aliphatic carbocycles. The smallest absolute Gasteiger partial charge is 0.269 e. The van der Waals surface area contributed by atoms with E-state index in [1.807, 2.05) is 12.3 Å². The number of hydrogen-bond donors (Lipinski definition) is 1. The van der Waals surface area contributed by atoms with Crippen molar-refractivity contribution in [3.63, 3.8) is 0 Å². The molecule has 0 radical (unpaired) electrons. The van der Waals surface area contributed by atoms with E-state index in [0.717, 1.165) is 27.6 Å². The second-order valence-electron chi connectivity index (χ2n) is 4.54. The maximum Gasteiger partial charge on any atom is 0.269 e. The van der Waals surface area contributed by atoms with E-state index < -0.39 is 4.92 Å². The summed E-state index contributed by atoms with van der Waals surface area (Å²) in [7, 11) is 0. The molecule has 0 fully saturated rings. The second kappa shape index (κ2) is 4.55. The van der Waals surface area contributed by atoms with E-state index in [1.165, 1.54) is 12.1 Å². The Morgan fingerprint density at radius 2 is 2.00 bits per heavy atom. The first-order valence-corrected chi connectivity index (χ1v) is 6.31. The van der Waals surface area contributed by atoms with Crippen LogP contribution in [0.15, 0.2) is 36.5 Å². The van der Waals surface area contributed by atoms with Gasteiger partial charge in [0.1, 0.15) is 0 Å². The van der Waals surface area contributed by atoms with E-state index in [1.54, 1.807) is 12.1 Å². The van der Waals surface area contributed by atoms with Crippen LogP contribution in [0.4, 0.5) is 5.69 Å². The summed E-state index contributed by atoms with van der Waals surface area (Å²) in [6, 6.07) is 8.59. The Hall–Kier alpha value is -2.07. The number of H-pyrrole nitrogens is 1. The fourth-order valence-corrected chi connectivity index (χ4v) is 2.71. The SMILES string of the molecule is O=[N+]([O-])c1ccc(C2C=c3[nH]ccc3=C(Cl)C2)cc1. The molecule has 1 atom stereocenters. The zero-order valence-corrected chi connectivity index (χ0v) is 10.7. The number of aromatic amines is 1. The Labute approximate surface area is 114 Å². The van der Waals surface area contributed by atoms with Gasteiger partial charge in [-0.2, -0.15) is 0 Å². The van der Waals surface area contributed by atoms with Crippen molar-refractivity contribution >= 4 is 28.4 Å². The molecule has 1 heterocycles. The van der Waals surface area contributed by atoms with Gasteiger partial charge in [-0.15, -0.1) is 0 Å². The Balaban J connectivity index is 1.99. The summed E-state index contributed by atoms with van der Waals surface area (Å²) in [6.45, 7) is 0. The fraction of sp³-hybridized carbons (Fsp3) is 0.143. The van der Waals surface area contributed by atoms with Crippen molar-refractivity contribution in [3.8, 4) is 0 Å². The predicted molar refractivity (Wildman–Crippen MR) is 74.2 cm³/mol. The first-order valence-electron chi connectivity index (χ1n) is 5.93. The molecule has 1 aromatic carbocycles. The molecule has 1 N–H and O–H groups in total. The molecule has 0 aliphatic heterocycles. The molecular formula is C14H11ClN2O2. The number of halogens is 1. The monoisotopic (exact) mass is 274 g/mol. The minimum absolute atomic E-state index is 0.107. The van der Waals surface area contributed by atoms with Gasteiger partial charge in [0.05, 0.1) is 4.92 Å². The zero-order valence-electron chi connectivity index (χ0n) is 9.97. The highest BCUT2D eigenvalue weighted by molar-refractivity contribution is 6.45. The number of nitrogens with one attached hydrogen (secondary N) is 1. The van der Waals surface area contributed by atoms with Gasteiger partial charge in [-0.1, -0.05) is 29.8 Å². The lowest BCUT2D eigenvalue weighted by Crippen LogP contribution is -2.28. The first kappa shape index (κ1) is 12.0. The van der Waals surface area contributed by atoms with E-state index in [4.69, 9.17) is 11.6 Å². The number of hydrogen-bond acceptors (Lipinski definition) is 2. The maximum absolute atomic E-state index is 10.6. The van der Waals surface area contributed by atoms with Crippen LogP contribution in [0.5, 0.6) is 0 Å². The number of rotatable bonds is 2. The normalized spacial score (nSPS) is 17.7. The Kier molecular flexibility index (Phi) is 2.87. The van der Waals surface area contributed by atoms with Crippen molar-refractivity contribution in [1.82, 2.24) is 4.98 Å². The second-order valence-corrected chi connectivity index (χ2v) is 4.99. The number of non-ortho nitro benzene ring substituents is 1. The van der Waals surface area contributed by atoms with Gasteiger partial charge in [0.15, 0.2) is 0 Å². The lowest BCUT2D eigenvalue weighted by Gasteiger charge is -2.15. The fourth-order valence-electron chi connectivity index (χ4n) is 2.38. The highest BCUT2D eigenvalue weighted by atomic mass is 35.5. The molecule has 0 saturated carbocycles. The van der Waals surface area contributed by atoms with Crippen LogP contribution in [0.25, 0.3) is 11.1 Å². The molecule has 0 spiro atoms. The zero-order chi connectivity index (χ0) is 13.4. The molecule has 1 aromatic heterocycles. The molecule has 1 unspecified atom stereocenters. The number of nitrogens with zero attached hydrogens (tertiary/aromatic N) is 1. The van der Waals surface area contributed by atoms with Crippen LogP contribution in [0.2, 0.25) is 0 Å². The molecule has 1 aliphatic rings. The van der Waals surface area contributed by atoms with Crippen LogP contribution < -0.4 is 10.6 Å². The minimum atomic E-state index is -0.392. The van der Waals surface area contributed by atoms with Gasteiger partial charge in [-0.25, -0.2) is 0 Å². The van der Waals surface area contributed by atoms with Crippen LogP contribution in [0, 0.1) is 10.1 Å². The Morgan fingerprint density at radius 3 is 2.68 bits per heavy atom. The Bertz CT molecular complexity index is 746. The van der Waals surface area contributed by atoms with Crippen LogP contribution in [-0.4, -0.2) is 9.91 Å². The van der Waals surface area contributed by atoms with Crippen molar-refractivity contribution in [1.29, 1.82) is 0 Å². The van der Waals surface area contributed by atoms with E-state index in [-0.39, 0.29) is 11.6 Å². The lowest BCUT2D eigenvalue weighted by molar-refractivity contribution is -0.384. The summed E-state index contributed by atoms with van der Waals surface area (Å²) >= 11 is 6.28. The van der Waals surface area contributed by atoms with E-state index in [9.17, 15) is 10.1 Å². The number of nitro benzene ring substituents is 1. The minimum Gasteiger partial charge on any atom is -0.361 e. The van der Waals surface area contributed by atoms with Crippen molar-refractivity contribution in [2.45, 2.75) is 12.3 Å². The lowest BCUT2D eigenvalue weighted by atomic mass is 9.92. The Morgan fingerprint density at radius 1 is 1.26 bits per heavy atom. The van der Waals surface area contributed by atoms with E-state index in [0.29, 0.717) is 0 Å². The third-order valence-corrected chi connectivity index (χ3v) is 3.73. The molecular weight excluding hydrogens is 264 g/mol. The highest BCUT2D eigenvalue weighted by Gasteiger charge is 2.16.